The van der Waals surface area contributed by atoms with Gasteiger partial charge in [-0.2, -0.15) is 4.98 Å². The number of carbonyl (C=O) groups is 1. The lowest BCUT2D eigenvalue weighted by molar-refractivity contribution is -0.132. The summed E-state index contributed by atoms with van der Waals surface area (Å²) in [6.07, 6.45) is 5.89. The van der Waals surface area contributed by atoms with Crippen LogP contribution in [0.15, 0.2) is 46.4 Å². The highest BCUT2D eigenvalue weighted by Crippen LogP contribution is 2.32. The second-order valence-corrected chi connectivity index (χ2v) is 7.38. The van der Waals surface area contributed by atoms with Crippen molar-refractivity contribution in [3.63, 3.8) is 0 Å². The zero-order chi connectivity index (χ0) is 17.8. The van der Waals surface area contributed by atoms with Crippen molar-refractivity contribution in [3.05, 3.63) is 52.7 Å². The Kier molecular flexibility index (Phi) is 5.06. The van der Waals surface area contributed by atoms with Crippen molar-refractivity contribution >= 4 is 17.2 Å². The lowest BCUT2D eigenvalue weighted by Crippen LogP contribution is -2.30. The van der Waals surface area contributed by atoms with Crippen LogP contribution in [0.4, 0.5) is 0 Å². The number of aryl methyl sites for hydroxylation is 1. The van der Waals surface area contributed by atoms with Gasteiger partial charge >= 0.3 is 0 Å². The van der Waals surface area contributed by atoms with Gasteiger partial charge in [-0.25, -0.2) is 0 Å². The van der Waals surface area contributed by atoms with Gasteiger partial charge in [0.1, 0.15) is 11.7 Å². The first-order valence-electron chi connectivity index (χ1n) is 8.88. The predicted molar refractivity (Wildman–Crippen MR) is 98.5 cm³/mol. The van der Waals surface area contributed by atoms with E-state index in [0.29, 0.717) is 23.8 Å². The van der Waals surface area contributed by atoms with Crippen LogP contribution in [0.1, 0.15) is 42.5 Å². The van der Waals surface area contributed by atoms with Crippen molar-refractivity contribution in [2.75, 3.05) is 6.54 Å². The first-order chi connectivity index (χ1) is 12.8. The van der Waals surface area contributed by atoms with Crippen LogP contribution in [-0.4, -0.2) is 32.5 Å². The van der Waals surface area contributed by atoms with E-state index in [1.165, 1.54) is 4.88 Å². The van der Waals surface area contributed by atoms with Gasteiger partial charge < -0.3 is 9.42 Å². The third-order valence-corrected chi connectivity index (χ3v) is 5.52. The van der Waals surface area contributed by atoms with Crippen LogP contribution in [0.25, 0.3) is 11.5 Å². The highest BCUT2D eigenvalue weighted by atomic mass is 32.1. The Morgan fingerprint density at radius 1 is 1.31 bits per heavy atom. The van der Waals surface area contributed by atoms with Gasteiger partial charge in [-0.3, -0.25) is 9.78 Å². The molecule has 0 radical (unpaired) electrons. The Labute approximate surface area is 155 Å². The summed E-state index contributed by atoms with van der Waals surface area (Å²) in [6, 6.07) is 9.62. The molecule has 3 aromatic heterocycles. The molecule has 0 spiro atoms. The number of hydrogen-bond acceptors (Lipinski definition) is 6. The molecule has 4 rings (SSSR count). The Morgan fingerprint density at radius 2 is 2.27 bits per heavy atom. The van der Waals surface area contributed by atoms with Crippen LogP contribution < -0.4 is 0 Å². The standard InChI is InChI=1S/C19H20N4O2S/c24-17(10-3-6-14-7-5-13-26-14)23-12-4-9-16(23)19-21-18(22-25-19)15-8-1-2-11-20-15/h1-2,5,7-8,11,13,16H,3-4,6,9-10,12H2. The second kappa shape index (κ2) is 7.78. The Morgan fingerprint density at radius 3 is 3.08 bits per heavy atom. The van der Waals surface area contributed by atoms with E-state index in [4.69, 9.17) is 4.52 Å². The Bertz CT molecular complexity index is 848. The SMILES string of the molecule is O=C(CCCc1cccs1)N1CCCC1c1nc(-c2ccccn2)no1. The zero-order valence-electron chi connectivity index (χ0n) is 14.4. The number of pyridine rings is 1. The monoisotopic (exact) mass is 368 g/mol. The highest BCUT2D eigenvalue weighted by Gasteiger charge is 2.33. The molecule has 26 heavy (non-hydrogen) atoms. The molecule has 0 aromatic carbocycles. The molecule has 0 saturated carbocycles. The van der Waals surface area contributed by atoms with E-state index < -0.39 is 0 Å². The van der Waals surface area contributed by atoms with Crippen LogP contribution in [0.3, 0.4) is 0 Å². The van der Waals surface area contributed by atoms with Crippen molar-refractivity contribution < 1.29 is 9.32 Å². The maximum Gasteiger partial charge on any atom is 0.249 e. The maximum atomic E-state index is 12.7. The van der Waals surface area contributed by atoms with Crippen molar-refractivity contribution in [2.45, 2.75) is 38.1 Å². The maximum absolute atomic E-state index is 12.7. The van der Waals surface area contributed by atoms with Gasteiger partial charge in [0.25, 0.3) is 0 Å². The summed E-state index contributed by atoms with van der Waals surface area (Å²) in [7, 11) is 0. The molecule has 1 aliphatic heterocycles. The van der Waals surface area contributed by atoms with Gasteiger partial charge in [-0.05, 0) is 49.3 Å². The van der Waals surface area contributed by atoms with Gasteiger partial charge in [0, 0.05) is 24.0 Å². The average molecular weight is 368 g/mol. The van der Waals surface area contributed by atoms with E-state index >= 15 is 0 Å². The molecule has 0 aliphatic carbocycles. The number of aromatic nitrogens is 3. The first kappa shape index (κ1) is 16.9. The number of nitrogens with zero attached hydrogens (tertiary/aromatic N) is 4. The lowest BCUT2D eigenvalue weighted by atomic mass is 10.1. The molecular weight excluding hydrogens is 348 g/mol. The van der Waals surface area contributed by atoms with E-state index in [9.17, 15) is 4.79 Å². The molecule has 1 saturated heterocycles. The fraction of sp³-hybridized carbons (Fsp3) is 0.368. The fourth-order valence-corrected chi connectivity index (χ4v) is 4.06. The predicted octanol–water partition coefficient (Wildman–Crippen LogP) is 3.88. The van der Waals surface area contributed by atoms with Crippen molar-refractivity contribution in [2.24, 2.45) is 0 Å². The van der Waals surface area contributed by atoms with Crippen molar-refractivity contribution in [3.8, 4) is 11.5 Å². The molecule has 1 amide bonds. The number of thiophene rings is 1. The van der Waals surface area contributed by atoms with E-state index in [1.807, 2.05) is 29.2 Å². The summed E-state index contributed by atoms with van der Waals surface area (Å²) >= 11 is 1.74. The molecule has 1 atom stereocenters. The molecule has 0 bridgehead atoms. The van der Waals surface area contributed by atoms with Gasteiger partial charge in [0.05, 0.1) is 0 Å². The van der Waals surface area contributed by atoms with Gasteiger partial charge in [-0.1, -0.05) is 17.3 Å². The van der Waals surface area contributed by atoms with Crippen LogP contribution in [0.2, 0.25) is 0 Å². The number of likely N-dealkylation sites (tertiary alicyclic amines) is 1. The van der Waals surface area contributed by atoms with Crippen molar-refractivity contribution in [1.29, 1.82) is 0 Å². The Balaban J connectivity index is 1.40. The zero-order valence-corrected chi connectivity index (χ0v) is 15.2. The number of amides is 1. The summed E-state index contributed by atoms with van der Waals surface area (Å²) in [5.41, 5.74) is 0.675. The fourth-order valence-electron chi connectivity index (χ4n) is 3.30. The van der Waals surface area contributed by atoms with Crippen LogP contribution in [-0.2, 0) is 11.2 Å². The molecule has 134 valence electrons. The van der Waals surface area contributed by atoms with E-state index in [-0.39, 0.29) is 11.9 Å². The molecule has 4 heterocycles. The summed E-state index contributed by atoms with van der Waals surface area (Å²) < 4.78 is 5.45. The molecular formula is C19H20N4O2S. The van der Waals surface area contributed by atoms with Gasteiger partial charge in [0.2, 0.25) is 17.6 Å². The summed E-state index contributed by atoms with van der Waals surface area (Å²) in [5.74, 6) is 1.15. The molecule has 3 aromatic rings. The second-order valence-electron chi connectivity index (χ2n) is 6.35. The number of hydrogen-bond donors (Lipinski definition) is 0. The molecule has 7 heteroatoms. The third-order valence-electron chi connectivity index (χ3n) is 4.59. The summed E-state index contributed by atoms with van der Waals surface area (Å²) in [5, 5.41) is 6.11. The number of rotatable bonds is 6. The van der Waals surface area contributed by atoms with Crippen LogP contribution in [0.5, 0.6) is 0 Å². The first-order valence-corrected chi connectivity index (χ1v) is 9.76. The summed E-state index contributed by atoms with van der Waals surface area (Å²) in [6.45, 7) is 0.754. The largest absolute Gasteiger partial charge is 0.337 e. The molecule has 1 unspecified atom stereocenters. The summed E-state index contributed by atoms with van der Waals surface area (Å²) in [4.78, 5) is 24.6. The lowest BCUT2D eigenvalue weighted by Gasteiger charge is -2.21. The van der Waals surface area contributed by atoms with E-state index in [2.05, 4.69) is 26.6 Å². The number of carbonyl (C=O) groups excluding carboxylic acids is 1. The Hall–Kier alpha value is -2.54. The molecule has 1 aliphatic rings. The van der Waals surface area contributed by atoms with Crippen LogP contribution >= 0.6 is 11.3 Å². The topological polar surface area (TPSA) is 72.1 Å². The normalized spacial score (nSPS) is 16.9. The molecule has 1 fully saturated rings. The minimum atomic E-state index is -0.116. The van der Waals surface area contributed by atoms with Crippen LogP contribution in [0, 0.1) is 0 Å². The van der Waals surface area contributed by atoms with Gasteiger partial charge in [-0.15, -0.1) is 11.3 Å². The average Bonchev–Trinajstić information content (AvgIpc) is 3.42. The van der Waals surface area contributed by atoms with E-state index in [0.717, 1.165) is 32.2 Å². The van der Waals surface area contributed by atoms with Crippen molar-refractivity contribution in [1.82, 2.24) is 20.0 Å². The minimum Gasteiger partial charge on any atom is -0.337 e. The quantitative estimate of drug-likeness (QED) is 0.660. The van der Waals surface area contributed by atoms with Gasteiger partial charge in [0.15, 0.2) is 0 Å². The highest BCUT2D eigenvalue weighted by molar-refractivity contribution is 7.09. The third kappa shape index (κ3) is 3.67. The molecule has 6 nitrogen and oxygen atoms in total. The van der Waals surface area contributed by atoms with E-state index in [1.54, 1.807) is 17.5 Å². The minimum absolute atomic E-state index is 0.116. The smallest absolute Gasteiger partial charge is 0.249 e. The molecule has 0 N–H and O–H groups in total.